The van der Waals surface area contributed by atoms with Crippen molar-refractivity contribution in [2.45, 2.75) is 57.4 Å². The molecule has 0 aliphatic heterocycles. The third-order valence-corrected chi connectivity index (χ3v) is 5.32. The molecule has 1 aromatic rings. The Kier molecular flexibility index (Phi) is 7.35. The third kappa shape index (κ3) is 4.80. The minimum atomic E-state index is -3.43. The van der Waals surface area contributed by atoms with Crippen LogP contribution in [0.3, 0.4) is 0 Å². The van der Waals surface area contributed by atoms with Crippen LogP contribution in [0.1, 0.15) is 52.0 Å². The highest BCUT2D eigenvalue weighted by Crippen LogP contribution is 2.29. The molecule has 0 aliphatic carbocycles. The Hall–Kier alpha value is -0.910. The first-order valence-electron chi connectivity index (χ1n) is 7.79. The highest BCUT2D eigenvalue weighted by Gasteiger charge is 2.25. The Labute approximate surface area is 129 Å². The van der Waals surface area contributed by atoms with Crippen LogP contribution in [0.15, 0.2) is 29.2 Å². The van der Waals surface area contributed by atoms with Gasteiger partial charge in [-0.25, -0.2) is 13.1 Å². The van der Waals surface area contributed by atoms with E-state index in [1.165, 1.54) is 0 Å². The van der Waals surface area contributed by atoms with E-state index >= 15 is 0 Å². The molecule has 0 bridgehead atoms. The summed E-state index contributed by atoms with van der Waals surface area (Å²) >= 11 is 0. The normalized spacial score (nSPS) is 14.9. The van der Waals surface area contributed by atoms with Gasteiger partial charge in [0.1, 0.15) is 0 Å². The molecule has 2 atom stereocenters. The van der Waals surface area contributed by atoms with Gasteiger partial charge in [0.15, 0.2) is 0 Å². The summed E-state index contributed by atoms with van der Waals surface area (Å²) in [5, 5.41) is 3.48. The van der Waals surface area contributed by atoms with Crippen LogP contribution in [0.2, 0.25) is 0 Å². The van der Waals surface area contributed by atoms with E-state index < -0.39 is 10.0 Å². The fourth-order valence-electron chi connectivity index (χ4n) is 2.66. The molecule has 5 heteroatoms. The molecule has 0 saturated carbocycles. The van der Waals surface area contributed by atoms with E-state index in [9.17, 15) is 8.42 Å². The summed E-state index contributed by atoms with van der Waals surface area (Å²) in [6.45, 7) is 9.50. The highest BCUT2D eigenvalue weighted by molar-refractivity contribution is 7.89. The second-order valence-electron chi connectivity index (χ2n) is 5.30. The summed E-state index contributed by atoms with van der Waals surface area (Å²) in [6, 6.07) is 7.57. The van der Waals surface area contributed by atoms with Crippen molar-refractivity contribution in [2.75, 3.05) is 13.1 Å². The van der Waals surface area contributed by atoms with E-state index in [-0.39, 0.29) is 12.0 Å². The van der Waals surface area contributed by atoms with E-state index in [2.05, 4.69) is 30.8 Å². The van der Waals surface area contributed by atoms with Crippen LogP contribution in [0.4, 0.5) is 0 Å². The molecular weight excluding hydrogens is 284 g/mol. The van der Waals surface area contributed by atoms with E-state index in [4.69, 9.17) is 0 Å². The summed E-state index contributed by atoms with van der Waals surface area (Å²) in [5.41, 5.74) is 0.900. The minimum absolute atomic E-state index is 0.182. The zero-order valence-electron chi connectivity index (χ0n) is 13.5. The van der Waals surface area contributed by atoms with Gasteiger partial charge in [-0.3, -0.25) is 0 Å². The predicted octanol–water partition coefficient (Wildman–Crippen LogP) is 2.87. The average molecular weight is 312 g/mol. The molecule has 4 nitrogen and oxygen atoms in total. The third-order valence-electron chi connectivity index (χ3n) is 3.70. The van der Waals surface area contributed by atoms with Crippen molar-refractivity contribution in [1.82, 2.24) is 10.0 Å². The first-order valence-corrected chi connectivity index (χ1v) is 9.28. The number of benzene rings is 1. The molecule has 120 valence electrons. The standard InChI is InChI=1S/C16H28N2O2S/c1-5-12-17-13(4)14(6-2)15-10-8-9-11-16(15)21(19,20)18-7-3/h8-11,13-14,17-18H,5-7,12H2,1-4H3. The number of hydrogen-bond donors (Lipinski definition) is 2. The molecule has 2 N–H and O–H groups in total. The predicted molar refractivity (Wildman–Crippen MR) is 88.1 cm³/mol. The van der Waals surface area contributed by atoms with Crippen molar-refractivity contribution in [3.05, 3.63) is 29.8 Å². The van der Waals surface area contributed by atoms with Gasteiger partial charge in [-0.05, 0) is 37.9 Å². The summed E-state index contributed by atoms with van der Waals surface area (Å²) in [5.74, 6) is 0.182. The maximum Gasteiger partial charge on any atom is 0.240 e. The lowest BCUT2D eigenvalue weighted by molar-refractivity contribution is 0.445. The van der Waals surface area contributed by atoms with E-state index in [0.717, 1.165) is 24.9 Å². The molecule has 0 heterocycles. The van der Waals surface area contributed by atoms with Crippen molar-refractivity contribution in [2.24, 2.45) is 0 Å². The van der Waals surface area contributed by atoms with Crippen LogP contribution < -0.4 is 10.0 Å². The van der Waals surface area contributed by atoms with Crippen LogP contribution in [0, 0.1) is 0 Å². The Morgan fingerprint density at radius 3 is 2.38 bits per heavy atom. The van der Waals surface area contributed by atoms with Crippen LogP contribution in [0.25, 0.3) is 0 Å². The van der Waals surface area contributed by atoms with Gasteiger partial charge in [0.25, 0.3) is 0 Å². The summed E-state index contributed by atoms with van der Waals surface area (Å²) in [4.78, 5) is 0.406. The highest BCUT2D eigenvalue weighted by atomic mass is 32.2. The number of hydrogen-bond acceptors (Lipinski definition) is 3. The molecule has 0 aromatic heterocycles. The van der Waals surface area contributed by atoms with Crippen molar-refractivity contribution in [3.63, 3.8) is 0 Å². The zero-order chi connectivity index (χ0) is 15.9. The van der Waals surface area contributed by atoms with Gasteiger partial charge < -0.3 is 5.32 Å². The average Bonchev–Trinajstić information content (AvgIpc) is 2.46. The van der Waals surface area contributed by atoms with Crippen molar-refractivity contribution >= 4 is 10.0 Å². The SMILES string of the molecule is CCCNC(C)C(CC)c1ccccc1S(=O)(=O)NCC. The second-order valence-corrected chi connectivity index (χ2v) is 7.03. The molecule has 1 aromatic carbocycles. The fraction of sp³-hybridized carbons (Fsp3) is 0.625. The van der Waals surface area contributed by atoms with Gasteiger partial charge in [-0.15, -0.1) is 0 Å². The number of rotatable bonds is 9. The van der Waals surface area contributed by atoms with Crippen LogP contribution in [-0.2, 0) is 10.0 Å². The van der Waals surface area contributed by atoms with Gasteiger partial charge in [0.05, 0.1) is 4.90 Å². The van der Waals surface area contributed by atoms with E-state index in [1.807, 2.05) is 12.1 Å². The maximum atomic E-state index is 12.4. The summed E-state index contributed by atoms with van der Waals surface area (Å²) < 4.78 is 27.3. The molecule has 0 aliphatic rings. The van der Waals surface area contributed by atoms with Gasteiger partial charge in [0.2, 0.25) is 10.0 Å². The monoisotopic (exact) mass is 312 g/mol. The van der Waals surface area contributed by atoms with Crippen molar-refractivity contribution in [1.29, 1.82) is 0 Å². The Bertz CT molecular complexity index is 529. The molecule has 0 spiro atoms. The van der Waals surface area contributed by atoms with Gasteiger partial charge in [-0.2, -0.15) is 0 Å². The number of nitrogens with one attached hydrogen (secondary N) is 2. The molecule has 0 fully saturated rings. The molecule has 2 unspecified atom stereocenters. The summed E-state index contributed by atoms with van der Waals surface area (Å²) in [6.07, 6.45) is 1.97. The molecule has 0 amide bonds. The Balaban J connectivity index is 3.16. The Morgan fingerprint density at radius 1 is 1.14 bits per heavy atom. The summed E-state index contributed by atoms with van der Waals surface area (Å²) in [7, 11) is -3.43. The van der Waals surface area contributed by atoms with E-state index in [1.54, 1.807) is 19.1 Å². The van der Waals surface area contributed by atoms with Gasteiger partial charge in [-0.1, -0.05) is 39.0 Å². The topological polar surface area (TPSA) is 58.2 Å². The molecule has 21 heavy (non-hydrogen) atoms. The quantitative estimate of drug-likeness (QED) is 0.737. The van der Waals surface area contributed by atoms with Crippen LogP contribution in [-0.4, -0.2) is 27.5 Å². The van der Waals surface area contributed by atoms with Crippen molar-refractivity contribution in [3.8, 4) is 0 Å². The zero-order valence-corrected chi connectivity index (χ0v) is 14.3. The first-order chi connectivity index (χ1) is 9.97. The second kappa shape index (κ2) is 8.51. The van der Waals surface area contributed by atoms with Gasteiger partial charge in [0, 0.05) is 18.5 Å². The van der Waals surface area contributed by atoms with E-state index in [0.29, 0.717) is 11.4 Å². The lowest BCUT2D eigenvalue weighted by atomic mass is 9.90. The smallest absolute Gasteiger partial charge is 0.240 e. The first kappa shape index (κ1) is 18.1. The molecule has 1 rings (SSSR count). The molecule has 0 radical (unpaired) electrons. The van der Waals surface area contributed by atoms with Crippen LogP contribution in [0.5, 0.6) is 0 Å². The van der Waals surface area contributed by atoms with Crippen LogP contribution >= 0.6 is 0 Å². The largest absolute Gasteiger partial charge is 0.314 e. The maximum absolute atomic E-state index is 12.4. The lowest BCUT2D eigenvalue weighted by Crippen LogP contribution is -2.34. The fourth-order valence-corrected chi connectivity index (χ4v) is 3.98. The molecule has 0 saturated heterocycles. The Morgan fingerprint density at radius 2 is 1.81 bits per heavy atom. The minimum Gasteiger partial charge on any atom is -0.314 e. The van der Waals surface area contributed by atoms with Gasteiger partial charge >= 0.3 is 0 Å². The number of sulfonamides is 1. The molecular formula is C16H28N2O2S. The lowest BCUT2D eigenvalue weighted by Gasteiger charge is -2.26. The van der Waals surface area contributed by atoms with Crippen molar-refractivity contribution < 1.29 is 8.42 Å².